The van der Waals surface area contributed by atoms with Crippen LogP contribution in [0.3, 0.4) is 0 Å². The molecule has 0 aliphatic rings. The third kappa shape index (κ3) is 3.15. The molecule has 5 nitrogen and oxygen atoms in total. The lowest BCUT2D eigenvalue weighted by Gasteiger charge is -2.07. The van der Waals surface area contributed by atoms with Gasteiger partial charge >= 0.3 is 0 Å². The number of benzene rings is 2. The lowest BCUT2D eigenvalue weighted by molar-refractivity contribution is 0.282. The Morgan fingerprint density at radius 3 is 2.50 bits per heavy atom. The smallest absolute Gasteiger partial charge is 0.269 e. The summed E-state index contributed by atoms with van der Waals surface area (Å²) >= 11 is 3.42. The zero-order valence-corrected chi connectivity index (χ0v) is 17.4. The Morgan fingerprint density at radius 1 is 1.07 bits per heavy atom. The first-order valence-corrected chi connectivity index (χ1v) is 10.8. The maximum Gasteiger partial charge on any atom is 0.269 e. The van der Waals surface area contributed by atoms with E-state index >= 15 is 0 Å². The van der Waals surface area contributed by atoms with Crippen molar-refractivity contribution >= 4 is 37.0 Å². The van der Waals surface area contributed by atoms with Crippen molar-refractivity contribution < 1.29 is 13.5 Å². The van der Waals surface area contributed by atoms with E-state index in [9.17, 15) is 13.5 Å². The van der Waals surface area contributed by atoms with Crippen LogP contribution in [0.25, 0.3) is 22.2 Å². The zero-order valence-electron chi connectivity index (χ0n) is 15.0. The van der Waals surface area contributed by atoms with Crippen molar-refractivity contribution in [3.8, 4) is 11.1 Å². The molecule has 0 fully saturated rings. The third-order valence-corrected chi connectivity index (χ3v) is 6.73. The van der Waals surface area contributed by atoms with E-state index in [0.29, 0.717) is 22.2 Å². The standard InChI is InChI=1S/C21H17BrN2O3S/c1-14-6-8-17(9-7-14)28(26,27)24-12-20(18-5-3-2-4-15(18)13-25)19-10-16(22)11-23-21(19)24/h2-12,25H,13H2,1H3. The highest BCUT2D eigenvalue weighted by molar-refractivity contribution is 9.10. The van der Waals surface area contributed by atoms with Crippen LogP contribution in [0.15, 0.2) is 76.4 Å². The second kappa shape index (κ2) is 7.16. The Labute approximate surface area is 171 Å². The summed E-state index contributed by atoms with van der Waals surface area (Å²) in [6.07, 6.45) is 3.15. The number of pyridine rings is 1. The molecule has 0 aliphatic carbocycles. The number of aliphatic hydroxyl groups is 1. The average Bonchev–Trinajstić information content (AvgIpc) is 3.07. The number of aromatic nitrogens is 2. The van der Waals surface area contributed by atoms with Crippen molar-refractivity contribution in [2.45, 2.75) is 18.4 Å². The molecule has 0 saturated carbocycles. The van der Waals surface area contributed by atoms with Crippen LogP contribution >= 0.6 is 15.9 Å². The molecule has 1 N–H and O–H groups in total. The van der Waals surface area contributed by atoms with Gasteiger partial charge in [0, 0.05) is 27.8 Å². The molecule has 2 heterocycles. The number of hydrogen-bond acceptors (Lipinski definition) is 4. The molecule has 0 amide bonds. The van der Waals surface area contributed by atoms with Crippen LogP contribution in [0.1, 0.15) is 11.1 Å². The topological polar surface area (TPSA) is 72.2 Å². The van der Waals surface area contributed by atoms with Crippen molar-refractivity contribution in [2.24, 2.45) is 0 Å². The molecule has 0 bridgehead atoms. The van der Waals surface area contributed by atoms with Crippen molar-refractivity contribution in [1.29, 1.82) is 0 Å². The Bertz CT molecular complexity index is 1280. The normalized spacial score (nSPS) is 11.8. The zero-order chi connectivity index (χ0) is 19.9. The van der Waals surface area contributed by atoms with E-state index in [-0.39, 0.29) is 11.5 Å². The fourth-order valence-corrected chi connectivity index (χ4v) is 4.85. The van der Waals surface area contributed by atoms with E-state index < -0.39 is 10.0 Å². The highest BCUT2D eigenvalue weighted by Gasteiger charge is 2.23. The summed E-state index contributed by atoms with van der Waals surface area (Å²) in [5.74, 6) is 0. The van der Waals surface area contributed by atoms with Gasteiger partial charge in [-0.15, -0.1) is 0 Å². The molecule has 0 radical (unpaired) electrons. The highest BCUT2D eigenvalue weighted by atomic mass is 79.9. The fourth-order valence-electron chi connectivity index (χ4n) is 3.20. The summed E-state index contributed by atoms with van der Waals surface area (Å²) in [5, 5.41) is 10.4. The van der Waals surface area contributed by atoms with Gasteiger partial charge in [0.1, 0.15) is 0 Å². The van der Waals surface area contributed by atoms with Crippen LogP contribution in [0, 0.1) is 6.92 Å². The lowest BCUT2D eigenvalue weighted by Crippen LogP contribution is -2.12. The maximum absolute atomic E-state index is 13.3. The van der Waals surface area contributed by atoms with Gasteiger partial charge in [0.2, 0.25) is 0 Å². The van der Waals surface area contributed by atoms with Crippen molar-refractivity contribution in [3.05, 3.63) is 82.6 Å². The molecule has 0 spiro atoms. The van der Waals surface area contributed by atoms with Gasteiger partial charge in [-0.2, -0.15) is 0 Å². The van der Waals surface area contributed by atoms with E-state index in [1.807, 2.05) is 37.3 Å². The first-order valence-electron chi connectivity index (χ1n) is 8.60. The monoisotopic (exact) mass is 456 g/mol. The van der Waals surface area contributed by atoms with Gasteiger partial charge in [-0.05, 0) is 52.2 Å². The minimum Gasteiger partial charge on any atom is -0.392 e. The van der Waals surface area contributed by atoms with Crippen LogP contribution in [0.5, 0.6) is 0 Å². The van der Waals surface area contributed by atoms with Gasteiger partial charge in [-0.1, -0.05) is 42.0 Å². The quantitative estimate of drug-likeness (QED) is 0.490. The van der Waals surface area contributed by atoms with Gasteiger partial charge in [-0.3, -0.25) is 0 Å². The highest BCUT2D eigenvalue weighted by Crippen LogP contribution is 2.35. The second-order valence-corrected chi connectivity index (χ2v) is 9.23. The summed E-state index contributed by atoms with van der Waals surface area (Å²) < 4.78 is 28.6. The largest absolute Gasteiger partial charge is 0.392 e. The molecule has 0 atom stereocenters. The summed E-state index contributed by atoms with van der Waals surface area (Å²) in [6, 6.07) is 15.9. The molecular formula is C21H17BrN2O3S. The maximum atomic E-state index is 13.3. The van der Waals surface area contributed by atoms with Gasteiger partial charge in [0.15, 0.2) is 5.65 Å². The van der Waals surface area contributed by atoms with E-state index in [1.54, 1.807) is 36.7 Å². The minimum absolute atomic E-state index is 0.144. The fraction of sp³-hybridized carbons (Fsp3) is 0.0952. The van der Waals surface area contributed by atoms with E-state index in [2.05, 4.69) is 20.9 Å². The number of fused-ring (bicyclic) bond motifs is 1. The van der Waals surface area contributed by atoms with Crippen LogP contribution in [-0.4, -0.2) is 22.5 Å². The summed E-state index contributed by atoms with van der Waals surface area (Å²) in [7, 11) is -3.83. The molecular weight excluding hydrogens is 440 g/mol. The van der Waals surface area contributed by atoms with Crippen LogP contribution in [-0.2, 0) is 16.6 Å². The SMILES string of the molecule is Cc1ccc(S(=O)(=O)n2cc(-c3ccccc3CO)c3cc(Br)cnc32)cc1. The Hall–Kier alpha value is -2.48. The van der Waals surface area contributed by atoms with E-state index in [4.69, 9.17) is 0 Å². The van der Waals surface area contributed by atoms with Gasteiger partial charge < -0.3 is 5.11 Å². The summed E-state index contributed by atoms with van der Waals surface area (Å²) in [5.41, 5.74) is 3.51. The Kier molecular flexibility index (Phi) is 4.82. The number of hydrogen-bond donors (Lipinski definition) is 1. The molecule has 4 aromatic rings. The van der Waals surface area contributed by atoms with Crippen LogP contribution in [0.4, 0.5) is 0 Å². The predicted molar refractivity (Wildman–Crippen MR) is 113 cm³/mol. The lowest BCUT2D eigenvalue weighted by atomic mass is 10.0. The molecule has 28 heavy (non-hydrogen) atoms. The number of halogens is 1. The number of nitrogens with zero attached hydrogens (tertiary/aromatic N) is 2. The number of rotatable bonds is 4. The summed E-state index contributed by atoms with van der Waals surface area (Å²) in [6.45, 7) is 1.76. The van der Waals surface area contributed by atoms with Gasteiger partial charge in [0.05, 0.1) is 11.5 Å². The van der Waals surface area contributed by atoms with Gasteiger partial charge in [0.25, 0.3) is 10.0 Å². The minimum atomic E-state index is -3.83. The molecule has 0 unspecified atom stereocenters. The first-order chi connectivity index (χ1) is 13.4. The van der Waals surface area contributed by atoms with E-state index in [0.717, 1.165) is 15.6 Å². The molecule has 2 aromatic carbocycles. The average molecular weight is 457 g/mol. The van der Waals surface area contributed by atoms with Crippen LogP contribution < -0.4 is 0 Å². The number of aryl methyl sites for hydroxylation is 1. The van der Waals surface area contributed by atoms with E-state index in [1.165, 1.54) is 3.97 Å². The first kappa shape index (κ1) is 18.9. The van der Waals surface area contributed by atoms with Crippen molar-refractivity contribution in [3.63, 3.8) is 0 Å². The third-order valence-electron chi connectivity index (χ3n) is 4.63. The predicted octanol–water partition coefficient (Wildman–Crippen LogP) is 4.50. The van der Waals surface area contributed by atoms with Crippen molar-refractivity contribution in [2.75, 3.05) is 0 Å². The Balaban J connectivity index is 2.02. The molecule has 2 aromatic heterocycles. The number of aliphatic hydroxyl groups excluding tert-OH is 1. The van der Waals surface area contributed by atoms with Crippen LogP contribution in [0.2, 0.25) is 0 Å². The molecule has 0 saturated heterocycles. The molecule has 0 aliphatic heterocycles. The second-order valence-electron chi connectivity index (χ2n) is 6.50. The van der Waals surface area contributed by atoms with Gasteiger partial charge in [-0.25, -0.2) is 17.4 Å². The molecule has 142 valence electrons. The molecule has 4 rings (SSSR count). The Morgan fingerprint density at radius 2 is 1.79 bits per heavy atom. The molecule has 7 heteroatoms. The van der Waals surface area contributed by atoms with Crippen molar-refractivity contribution in [1.82, 2.24) is 8.96 Å². The summed E-state index contributed by atoms with van der Waals surface area (Å²) in [4.78, 5) is 4.56.